The number of nitrogens with zero attached hydrogens (tertiary/aromatic N) is 2. The van der Waals surface area contributed by atoms with Crippen molar-refractivity contribution < 1.29 is 4.79 Å². The molecular formula is C15H27N3O. The molecule has 4 nitrogen and oxygen atoms in total. The summed E-state index contributed by atoms with van der Waals surface area (Å²) in [4.78, 5) is 17.2. The number of carbonyl (C=O) groups excluding carboxylic acids is 1. The van der Waals surface area contributed by atoms with Gasteiger partial charge in [-0.15, -0.1) is 0 Å². The van der Waals surface area contributed by atoms with Crippen molar-refractivity contribution in [3.05, 3.63) is 0 Å². The van der Waals surface area contributed by atoms with E-state index in [1.807, 2.05) is 0 Å². The average Bonchev–Trinajstić information content (AvgIpc) is 2.37. The van der Waals surface area contributed by atoms with Gasteiger partial charge in [-0.3, -0.25) is 9.69 Å². The highest BCUT2D eigenvalue weighted by molar-refractivity contribution is 5.79. The van der Waals surface area contributed by atoms with Crippen LogP contribution in [-0.4, -0.2) is 54.0 Å². The lowest BCUT2D eigenvalue weighted by Crippen LogP contribution is -2.55. The molecule has 108 valence electrons. The molecule has 2 N–H and O–H groups in total. The summed E-state index contributed by atoms with van der Waals surface area (Å²) in [5.41, 5.74) is 6.00. The largest absolute Gasteiger partial charge is 0.340 e. The molecule has 2 atom stereocenters. The fraction of sp³-hybridized carbons (Fsp3) is 0.933. The molecule has 0 aromatic rings. The standard InChI is InChI=1S/C15H27N3O/c16-13-4-1-3-12(11-13)15(19)18-9-7-17(8-10-18)14-5-2-6-14/h12-14H,1-11,16H2. The van der Waals surface area contributed by atoms with E-state index < -0.39 is 0 Å². The predicted octanol–water partition coefficient (Wildman–Crippen LogP) is 1.20. The number of amides is 1. The number of nitrogens with two attached hydrogens (primary N) is 1. The maximum atomic E-state index is 12.5. The molecule has 19 heavy (non-hydrogen) atoms. The van der Waals surface area contributed by atoms with Gasteiger partial charge in [-0.05, 0) is 32.1 Å². The number of hydrogen-bond donors (Lipinski definition) is 1. The van der Waals surface area contributed by atoms with Crippen molar-refractivity contribution in [1.29, 1.82) is 0 Å². The number of hydrogen-bond acceptors (Lipinski definition) is 3. The minimum atomic E-state index is 0.207. The third kappa shape index (κ3) is 2.95. The summed E-state index contributed by atoms with van der Waals surface area (Å²) in [5.74, 6) is 0.586. The highest BCUT2D eigenvalue weighted by Gasteiger charge is 2.33. The van der Waals surface area contributed by atoms with E-state index in [0.29, 0.717) is 5.91 Å². The molecule has 0 aromatic carbocycles. The summed E-state index contributed by atoms with van der Waals surface area (Å²) in [6, 6.07) is 1.07. The van der Waals surface area contributed by atoms with Crippen LogP contribution in [0.2, 0.25) is 0 Å². The van der Waals surface area contributed by atoms with Crippen molar-refractivity contribution >= 4 is 5.91 Å². The van der Waals surface area contributed by atoms with E-state index in [9.17, 15) is 4.79 Å². The average molecular weight is 265 g/mol. The highest BCUT2D eigenvalue weighted by Crippen LogP contribution is 2.28. The first kappa shape index (κ1) is 13.4. The zero-order chi connectivity index (χ0) is 13.2. The van der Waals surface area contributed by atoms with E-state index in [1.54, 1.807) is 0 Å². The molecule has 1 aliphatic heterocycles. The van der Waals surface area contributed by atoms with Crippen molar-refractivity contribution in [2.45, 2.75) is 57.0 Å². The van der Waals surface area contributed by atoms with Crippen molar-refractivity contribution in [2.75, 3.05) is 26.2 Å². The Morgan fingerprint density at radius 2 is 1.63 bits per heavy atom. The molecular weight excluding hydrogens is 238 g/mol. The Kier molecular flexibility index (Phi) is 4.08. The molecule has 0 radical (unpaired) electrons. The summed E-state index contributed by atoms with van der Waals surface area (Å²) in [7, 11) is 0. The monoisotopic (exact) mass is 265 g/mol. The zero-order valence-corrected chi connectivity index (χ0v) is 11.9. The van der Waals surface area contributed by atoms with Crippen LogP contribution in [0, 0.1) is 5.92 Å². The molecule has 3 fully saturated rings. The van der Waals surface area contributed by atoms with E-state index in [-0.39, 0.29) is 12.0 Å². The second-order valence-electron chi connectivity index (χ2n) is 6.57. The molecule has 0 aromatic heterocycles. The van der Waals surface area contributed by atoms with Crippen LogP contribution < -0.4 is 5.73 Å². The van der Waals surface area contributed by atoms with Crippen LogP contribution in [0.25, 0.3) is 0 Å². The molecule has 1 saturated heterocycles. The normalized spacial score (nSPS) is 34.1. The minimum absolute atomic E-state index is 0.207. The van der Waals surface area contributed by atoms with Gasteiger partial charge in [0.15, 0.2) is 0 Å². The van der Waals surface area contributed by atoms with E-state index in [1.165, 1.54) is 19.3 Å². The van der Waals surface area contributed by atoms with E-state index >= 15 is 0 Å². The summed E-state index contributed by atoms with van der Waals surface area (Å²) >= 11 is 0. The molecule has 2 aliphatic carbocycles. The Bertz CT molecular complexity index is 321. The second kappa shape index (κ2) is 5.80. The van der Waals surface area contributed by atoms with Gasteiger partial charge in [0, 0.05) is 44.2 Å². The summed E-state index contributed by atoms with van der Waals surface area (Å²) < 4.78 is 0. The van der Waals surface area contributed by atoms with Crippen LogP contribution in [0.5, 0.6) is 0 Å². The van der Waals surface area contributed by atoms with Gasteiger partial charge in [-0.2, -0.15) is 0 Å². The van der Waals surface area contributed by atoms with Gasteiger partial charge >= 0.3 is 0 Å². The summed E-state index contributed by atoms with van der Waals surface area (Å²) in [6.07, 6.45) is 8.30. The lowest BCUT2D eigenvalue weighted by atomic mass is 9.85. The topological polar surface area (TPSA) is 49.6 Å². The minimum Gasteiger partial charge on any atom is -0.340 e. The fourth-order valence-corrected chi connectivity index (χ4v) is 3.77. The lowest BCUT2D eigenvalue weighted by molar-refractivity contribution is -0.139. The molecule has 2 saturated carbocycles. The first-order valence-electron chi connectivity index (χ1n) is 8.02. The van der Waals surface area contributed by atoms with Crippen molar-refractivity contribution in [1.82, 2.24) is 9.80 Å². The highest BCUT2D eigenvalue weighted by atomic mass is 16.2. The first-order valence-corrected chi connectivity index (χ1v) is 8.02. The molecule has 3 aliphatic rings. The van der Waals surface area contributed by atoms with Gasteiger partial charge in [-0.25, -0.2) is 0 Å². The first-order chi connectivity index (χ1) is 9.24. The fourth-order valence-electron chi connectivity index (χ4n) is 3.77. The Hall–Kier alpha value is -0.610. The van der Waals surface area contributed by atoms with Crippen molar-refractivity contribution in [3.63, 3.8) is 0 Å². The predicted molar refractivity (Wildman–Crippen MR) is 75.7 cm³/mol. The van der Waals surface area contributed by atoms with E-state index in [0.717, 1.165) is 57.9 Å². The van der Waals surface area contributed by atoms with Gasteiger partial charge in [0.05, 0.1) is 0 Å². The van der Waals surface area contributed by atoms with Crippen LogP contribution >= 0.6 is 0 Å². The van der Waals surface area contributed by atoms with E-state index in [2.05, 4.69) is 9.80 Å². The maximum absolute atomic E-state index is 12.5. The summed E-state index contributed by atoms with van der Waals surface area (Å²) in [5, 5.41) is 0. The molecule has 1 amide bonds. The Balaban J connectivity index is 1.48. The Morgan fingerprint density at radius 1 is 0.947 bits per heavy atom. The van der Waals surface area contributed by atoms with E-state index in [4.69, 9.17) is 5.73 Å². The molecule has 0 bridgehead atoms. The number of piperazine rings is 1. The molecule has 1 heterocycles. The Labute approximate surface area is 116 Å². The zero-order valence-electron chi connectivity index (χ0n) is 11.9. The van der Waals surface area contributed by atoms with Gasteiger partial charge in [-0.1, -0.05) is 12.8 Å². The van der Waals surface area contributed by atoms with Gasteiger partial charge in [0.25, 0.3) is 0 Å². The van der Waals surface area contributed by atoms with Crippen LogP contribution in [0.4, 0.5) is 0 Å². The molecule has 0 spiro atoms. The molecule has 2 unspecified atom stereocenters. The van der Waals surface area contributed by atoms with Crippen LogP contribution in [0.15, 0.2) is 0 Å². The number of rotatable bonds is 2. The van der Waals surface area contributed by atoms with Crippen LogP contribution in [0.3, 0.4) is 0 Å². The van der Waals surface area contributed by atoms with Crippen LogP contribution in [-0.2, 0) is 4.79 Å². The second-order valence-corrected chi connectivity index (χ2v) is 6.57. The summed E-state index contributed by atoms with van der Waals surface area (Å²) in [6.45, 7) is 4.02. The SMILES string of the molecule is NC1CCCC(C(=O)N2CCN(C3CCC3)CC2)C1. The van der Waals surface area contributed by atoms with Crippen molar-refractivity contribution in [3.8, 4) is 0 Å². The smallest absolute Gasteiger partial charge is 0.225 e. The maximum Gasteiger partial charge on any atom is 0.225 e. The lowest BCUT2D eigenvalue weighted by Gasteiger charge is -2.43. The Morgan fingerprint density at radius 3 is 2.21 bits per heavy atom. The number of carbonyl (C=O) groups is 1. The molecule has 4 heteroatoms. The molecule has 3 rings (SSSR count). The van der Waals surface area contributed by atoms with Gasteiger partial charge in [0.2, 0.25) is 5.91 Å². The van der Waals surface area contributed by atoms with Gasteiger partial charge < -0.3 is 10.6 Å². The quantitative estimate of drug-likeness (QED) is 0.816. The van der Waals surface area contributed by atoms with Crippen molar-refractivity contribution in [2.24, 2.45) is 11.7 Å². The third-order valence-electron chi connectivity index (χ3n) is 5.28. The third-order valence-corrected chi connectivity index (χ3v) is 5.28. The van der Waals surface area contributed by atoms with Gasteiger partial charge in [0.1, 0.15) is 0 Å². The van der Waals surface area contributed by atoms with Crippen LogP contribution in [0.1, 0.15) is 44.9 Å².